The van der Waals surface area contributed by atoms with Gasteiger partial charge in [0, 0.05) is 31.3 Å². The van der Waals surface area contributed by atoms with Crippen LogP contribution in [0.5, 0.6) is 0 Å². The Balaban J connectivity index is 1.71. The van der Waals surface area contributed by atoms with Crippen molar-refractivity contribution in [3.63, 3.8) is 0 Å². The first-order valence-corrected chi connectivity index (χ1v) is 6.14. The number of hydrogen-bond acceptors (Lipinski definition) is 2. The minimum atomic E-state index is 0.209. The second-order valence-electron chi connectivity index (χ2n) is 4.62. The number of carbonyl (C=O) groups is 1. The number of nitrogens with zero attached hydrogens (tertiary/aromatic N) is 2. The molecule has 2 aromatic rings. The normalized spacial score (nSPS) is 19.4. The van der Waals surface area contributed by atoms with Gasteiger partial charge in [0.1, 0.15) is 5.82 Å². The lowest BCUT2D eigenvalue weighted by Crippen LogP contribution is -2.25. The molecule has 1 aliphatic rings. The topological polar surface area (TPSA) is 49.0 Å². The number of H-pyrrole nitrogens is 1. The number of carbonyl (C=O) groups excluding carboxylic acids is 1. The Hall–Kier alpha value is -2.10. The molecular formula is C14H15N3O. The first-order chi connectivity index (χ1) is 8.83. The summed E-state index contributed by atoms with van der Waals surface area (Å²) < 4.78 is 0. The summed E-state index contributed by atoms with van der Waals surface area (Å²) in [5.74, 6) is 1.37. The van der Waals surface area contributed by atoms with E-state index in [0.717, 1.165) is 12.4 Å². The molecule has 92 valence electrons. The largest absolute Gasteiger partial charge is 0.347 e. The van der Waals surface area contributed by atoms with Crippen molar-refractivity contribution in [2.75, 3.05) is 6.54 Å². The number of benzene rings is 1. The molecule has 3 rings (SSSR count). The number of aromatic amines is 1. The molecule has 1 atom stereocenters. The third-order valence-corrected chi connectivity index (χ3v) is 3.38. The SMILES string of the molecule is O=C1CC(c2ccccc2)CN1Cc1ncc[nH]1. The average Bonchev–Trinajstić information content (AvgIpc) is 3.02. The third-order valence-electron chi connectivity index (χ3n) is 3.38. The van der Waals surface area contributed by atoms with Gasteiger partial charge in [-0.25, -0.2) is 4.98 Å². The highest BCUT2D eigenvalue weighted by atomic mass is 16.2. The molecule has 4 nitrogen and oxygen atoms in total. The van der Waals surface area contributed by atoms with E-state index in [2.05, 4.69) is 22.1 Å². The van der Waals surface area contributed by atoms with Crippen LogP contribution in [0.4, 0.5) is 0 Å². The molecule has 0 bridgehead atoms. The Morgan fingerprint density at radius 2 is 2.17 bits per heavy atom. The minimum absolute atomic E-state index is 0.209. The molecule has 0 aliphatic carbocycles. The molecule has 0 saturated carbocycles. The van der Waals surface area contributed by atoms with Crippen LogP contribution in [0.3, 0.4) is 0 Å². The van der Waals surface area contributed by atoms with Gasteiger partial charge in [-0.1, -0.05) is 30.3 Å². The van der Waals surface area contributed by atoms with Gasteiger partial charge in [0.2, 0.25) is 5.91 Å². The summed E-state index contributed by atoms with van der Waals surface area (Å²) in [6.45, 7) is 1.36. The fourth-order valence-corrected chi connectivity index (χ4v) is 2.44. The van der Waals surface area contributed by atoms with Crippen molar-refractivity contribution in [2.45, 2.75) is 18.9 Å². The van der Waals surface area contributed by atoms with Gasteiger partial charge < -0.3 is 9.88 Å². The van der Waals surface area contributed by atoms with Gasteiger partial charge in [0.15, 0.2) is 0 Å². The summed E-state index contributed by atoms with van der Waals surface area (Å²) in [5, 5.41) is 0. The van der Waals surface area contributed by atoms with Crippen LogP contribution >= 0.6 is 0 Å². The first-order valence-electron chi connectivity index (χ1n) is 6.14. The lowest BCUT2D eigenvalue weighted by Gasteiger charge is -2.15. The van der Waals surface area contributed by atoms with Gasteiger partial charge in [-0.15, -0.1) is 0 Å². The van der Waals surface area contributed by atoms with Crippen molar-refractivity contribution in [3.8, 4) is 0 Å². The van der Waals surface area contributed by atoms with Crippen molar-refractivity contribution < 1.29 is 4.79 Å². The fourth-order valence-electron chi connectivity index (χ4n) is 2.44. The van der Waals surface area contributed by atoms with Crippen LogP contribution in [0.1, 0.15) is 23.7 Å². The van der Waals surface area contributed by atoms with Crippen LogP contribution in [0.25, 0.3) is 0 Å². The lowest BCUT2D eigenvalue weighted by molar-refractivity contribution is -0.128. The molecule has 1 fully saturated rings. The van der Waals surface area contributed by atoms with E-state index in [9.17, 15) is 4.79 Å². The Kier molecular flexibility index (Phi) is 2.84. The van der Waals surface area contributed by atoms with Gasteiger partial charge in [-0.3, -0.25) is 4.79 Å². The van der Waals surface area contributed by atoms with Crippen LogP contribution in [0.2, 0.25) is 0 Å². The summed E-state index contributed by atoms with van der Waals surface area (Å²) >= 11 is 0. The molecule has 1 aliphatic heterocycles. The fraction of sp³-hybridized carbons (Fsp3) is 0.286. The Bertz CT molecular complexity index is 521. The predicted octanol–water partition coefficient (Wildman–Crippen LogP) is 1.93. The smallest absolute Gasteiger partial charge is 0.223 e. The van der Waals surface area contributed by atoms with E-state index >= 15 is 0 Å². The van der Waals surface area contributed by atoms with Crippen LogP contribution in [-0.2, 0) is 11.3 Å². The summed E-state index contributed by atoms with van der Waals surface area (Å²) in [4.78, 5) is 21.0. The van der Waals surface area contributed by atoms with E-state index in [0.29, 0.717) is 18.9 Å². The zero-order valence-electron chi connectivity index (χ0n) is 10.0. The predicted molar refractivity (Wildman–Crippen MR) is 67.8 cm³/mol. The van der Waals surface area contributed by atoms with Crippen LogP contribution in [0, 0.1) is 0 Å². The van der Waals surface area contributed by atoms with Crippen molar-refractivity contribution in [3.05, 3.63) is 54.1 Å². The van der Waals surface area contributed by atoms with E-state index in [-0.39, 0.29) is 5.91 Å². The molecule has 2 heterocycles. The molecule has 1 unspecified atom stereocenters. The second-order valence-corrected chi connectivity index (χ2v) is 4.62. The maximum atomic E-state index is 12.0. The second kappa shape index (κ2) is 4.64. The van der Waals surface area contributed by atoms with Crippen molar-refractivity contribution in [1.82, 2.24) is 14.9 Å². The molecule has 1 aromatic heterocycles. The Labute approximate surface area is 106 Å². The van der Waals surface area contributed by atoms with Crippen LogP contribution in [0.15, 0.2) is 42.7 Å². The number of imidazole rings is 1. The molecular weight excluding hydrogens is 226 g/mol. The maximum Gasteiger partial charge on any atom is 0.223 e. The summed E-state index contributed by atoms with van der Waals surface area (Å²) in [5.41, 5.74) is 1.24. The molecule has 0 spiro atoms. The number of rotatable bonds is 3. The standard InChI is InChI=1S/C14H15N3O/c18-14-8-12(11-4-2-1-3-5-11)9-17(14)10-13-15-6-7-16-13/h1-7,12H,8-10H2,(H,15,16). The van der Waals surface area contributed by atoms with Gasteiger partial charge in [0.25, 0.3) is 0 Å². The average molecular weight is 241 g/mol. The minimum Gasteiger partial charge on any atom is -0.347 e. The number of aromatic nitrogens is 2. The first kappa shape index (κ1) is 11.0. The molecule has 18 heavy (non-hydrogen) atoms. The van der Waals surface area contributed by atoms with Gasteiger partial charge >= 0.3 is 0 Å². The summed E-state index contributed by atoms with van der Waals surface area (Å²) in [6, 6.07) is 10.2. The van der Waals surface area contributed by atoms with Crippen molar-refractivity contribution in [1.29, 1.82) is 0 Å². The highest BCUT2D eigenvalue weighted by Gasteiger charge is 2.30. The van der Waals surface area contributed by atoms with E-state index in [1.165, 1.54) is 5.56 Å². The molecule has 1 saturated heterocycles. The lowest BCUT2D eigenvalue weighted by atomic mass is 9.99. The monoisotopic (exact) mass is 241 g/mol. The number of amides is 1. The molecule has 1 amide bonds. The number of nitrogens with one attached hydrogen (secondary N) is 1. The van der Waals surface area contributed by atoms with E-state index in [1.54, 1.807) is 12.4 Å². The van der Waals surface area contributed by atoms with Gasteiger partial charge in [0.05, 0.1) is 6.54 Å². The van der Waals surface area contributed by atoms with Crippen LogP contribution in [-0.4, -0.2) is 27.3 Å². The van der Waals surface area contributed by atoms with E-state index < -0.39 is 0 Å². The number of likely N-dealkylation sites (tertiary alicyclic amines) is 1. The highest BCUT2D eigenvalue weighted by molar-refractivity contribution is 5.79. The summed E-state index contributed by atoms with van der Waals surface area (Å²) in [7, 11) is 0. The Morgan fingerprint density at radius 1 is 1.33 bits per heavy atom. The Morgan fingerprint density at radius 3 is 2.89 bits per heavy atom. The molecule has 0 radical (unpaired) electrons. The third kappa shape index (κ3) is 2.14. The maximum absolute atomic E-state index is 12.0. The van der Waals surface area contributed by atoms with Gasteiger partial charge in [-0.2, -0.15) is 0 Å². The number of hydrogen-bond donors (Lipinski definition) is 1. The zero-order valence-corrected chi connectivity index (χ0v) is 10.0. The molecule has 1 N–H and O–H groups in total. The van der Waals surface area contributed by atoms with E-state index in [1.807, 2.05) is 23.1 Å². The quantitative estimate of drug-likeness (QED) is 0.892. The van der Waals surface area contributed by atoms with Crippen LogP contribution < -0.4 is 0 Å². The van der Waals surface area contributed by atoms with E-state index in [4.69, 9.17) is 0 Å². The summed E-state index contributed by atoms with van der Waals surface area (Å²) in [6.07, 6.45) is 4.10. The van der Waals surface area contributed by atoms with Gasteiger partial charge in [-0.05, 0) is 5.56 Å². The van der Waals surface area contributed by atoms with Crippen molar-refractivity contribution >= 4 is 5.91 Å². The molecule has 4 heteroatoms. The highest BCUT2D eigenvalue weighted by Crippen LogP contribution is 2.28. The zero-order chi connectivity index (χ0) is 12.4. The molecule has 1 aromatic carbocycles. The van der Waals surface area contributed by atoms with Crippen molar-refractivity contribution in [2.24, 2.45) is 0 Å².